The summed E-state index contributed by atoms with van der Waals surface area (Å²) in [7, 11) is 1.83. The number of benzene rings is 2. The molecule has 20 heavy (non-hydrogen) atoms. The minimum absolute atomic E-state index is 0.178. The Morgan fingerprint density at radius 2 is 1.85 bits per heavy atom. The van der Waals surface area contributed by atoms with Crippen LogP contribution in [-0.2, 0) is 0 Å². The molecule has 1 N–H and O–H groups in total. The summed E-state index contributed by atoms with van der Waals surface area (Å²) in [5, 5.41) is 3.16. The molecule has 0 aliphatic rings. The average molecular weight is 267 g/mol. The van der Waals surface area contributed by atoms with Crippen molar-refractivity contribution < 1.29 is 4.39 Å². The zero-order valence-electron chi connectivity index (χ0n) is 11.0. The van der Waals surface area contributed by atoms with Gasteiger partial charge >= 0.3 is 0 Å². The van der Waals surface area contributed by atoms with Crippen molar-refractivity contribution in [1.82, 2.24) is 15.3 Å². The van der Waals surface area contributed by atoms with Crippen LogP contribution in [0.3, 0.4) is 0 Å². The molecular formula is C16H14FN3. The van der Waals surface area contributed by atoms with Crippen LogP contribution >= 0.6 is 0 Å². The lowest BCUT2D eigenvalue weighted by atomic mass is 10.0. The van der Waals surface area contributed by atoms with E-state index in [4.69, 9.17) is 0 Å². The molecule has 1 heterocycles. The lowest BCUT2D eigenvalue weighted by Crippen LogP contribution is -2.19. The third-order valence-corrected chi connectivity index (χ3v) is 3.23. The van der Waals surface area contributed by atoms with Crippen LogP contribution in [0.4, 0.5) is 4.39 Å². The topological polar surface area (TPSA) is 37.8 Å². The van der Waals surface area contributed by atoms with Crippen molar-refractivity contribution in [3.8, 4) is 0 Å². The fourth-order valence-corrected chi connectivity index (χ4v) is 2.28. The van der Waals surface area contributed by atoms with Gasteiger partial charge in [-0.2, -0.15) is 0 Å². The first-order chi connectivity index (χ1) is 9.78. The van der Waals surface area contributed by atoms with Gasteiger partial charge < -0.3 is 5.32 Å². The Hall–Kier alpha value is -2.33. The molecule has 0 saturated heterocycles. The number of hydrogen-bond donors (Lipinski definition) is 1. The summed E-state index contributed by atoms with van der Waals surface area (Å²) in [6, 6.07) is 14.0. The Bertz CT molecular complexity index is 742. The van der Waals surface area contributed by atoms with Crippen molar-refractivity contribution in [2.75, 3.05) is 7.05 Å². The third kappa shape index (κ3) is 2.38. The lowest BCUT2D eigenvalue weighted by Gasteiger charge is -2.16. The summed E-state index contributed by atoms with van der Waals surface area (Å²) < 4.78 is 13.4. The second kappa shape index (κ2) is 5.35. The highest BCUT2D eigenvalue weighted by Crippen LogP contribution is 2.21. The molecule has 0 spiro atoms. The number of hydrogen-bond acceptors (Lipinski definition) is 3. The van der Waals surface area contributed by atoms with Gasteiger partial charge in [-0.25, -0.2) is 9.37 Å². The molecule has 3 aromatic rings. The molecule has 0 aliphatic carbocycles. The molecule has 0 aliphatic heterocycles. The van der Waals surface area contributed by atoms with Crippen LogP contribution in [0.2, 0.25) is 0 Å². The van der Waals surface area contributed by atoms with E-state index in [1.54, 1.807) is 12.3 Å². The van der Waals surface area contributed by atoms with E-state index in [2.05, 4.69) is 15.3 Å². The fraction of sp³-hybridized carbons (Fsp3) is 0.125. The normalized spacial score (nSPS) is 12.5. The number of aromatic nitrogens is 2. The first-order valence-electron chi connectivity index (χ1n) is 6.42. The lowest BCUT2D eigenvalue weighted by molar-refractivity contribution is 0.614. The smallest absolute Gasteiger partial charge is 0.123 e. The largest absolute Gasteiger partial charge is 0.308 e. The fourth-order valence-electron chi connectivity index (χ4n) is 2.28. The average Bonchev–Trinajstić information content (AvgIpc) is 2.48. The van der Waals surface area contributed by atoms with Crippen LogP contribution in [-0.4, -0.2) is 17.0 Å². The molecule has 0 radical (unpaired) electrons. The Balaban J connectivity index is 2.07. The van der Waals surface area contributed by atoms with Gasteiger partial charge in [0.05, 0.1) is 29.0 Å². The molecule has 0 bridgehead atoms. The van der Waals surface area contributed by atoms with E-state index in [0.717, 1.165) is 22.3 Å². The Morgan fingerprint density at radius 1 is 1.05 bits per heavy atom. The number of para-hydroxylation sites is 2. The molecule has 2 aromatic carbocycles. The van der Waals surface area contributed by atoms with E-state index < -0.39 is 0 Å². The van der Waals surface area contributed by atoms with Crippen LogP contribution in [0.1, 0.15) is 17.3 Å². The van der Waals surface area contributed by atoms with Crippen LogP contribution in [0, 0.1) is 5.82 Å². The van der Waals surface area contributed by atoms with E-state index >= 15 is 0 Å². The highest BCUT2D eigenvalue weighted by atomic mass is 19.1. The van der Waals surface area contributed by atoms with E-state index in [-0.39, 0.29) is 11.9 Å². The van der Waals surface area contributed by atoms with E-state index in [1.807, 2.05) is 37.4 Å². The van der Waals surface area contributed by atoms with Crippen molar-refractivity contribution in [2.24, 2.45) is 0 Å². The summed E-state index contributed by atoms with van der Waals surface area (Å²) in [6.07, 6.45) is 1.73. The van der Waals surface area contributed by atoms with Crippen molar-refractivity contribution in [2.45, 2.75) is 6.04 Å². The molecule has 0 amide bonds. The van der Waals surface area contributed by atoms with Crippen LogP contribution in [0.25, 0.3) is 11.0 Å². The third-order valence-electron chi connectivity index (χ3n) is 3.23. The SMILES string of the molecule is CNC(c1cccc(F)c1)c1cnc2ccccc2n1. The van der Waals surface area contributed by atoms with Crippen LogP contribution in [0.5, 0.6) is 0 Å². The standard InChI is InChI=1S/C16H14FN3/c1-18-16(11-5-4-6-12(17)9-11)15-10-19-13-7-2-3-8-14(13)20-15/h2-10,16,18H,1H3. The maximum absolute atomic E-state index is 13.4. The van der Waals surface area contributed by atoms with Gasteiger partial charge in [0.15, 0.2) is 0 Å². The van der Waals surface area contributed by atoms with Crippen molar-refractivity contribution in [3.63, 3.8) is 0 Å². The van der Waals surface area contributed by atoms with Crippen molar-refractivity contribution in [3.05, 3.63) is 71.8 Å². The van der Waals surface area contributed by atoms with E-state index in [1.165, 1.54) is 12.1 Å². The van der Waals surface area contributed by atoms with E-state index in [9.17, 15) is 4.39 Å². The number of rotatable bonds is 3. The second-order valence-electron chi connectivity index (χ2n) is 4.56. The van der Waals surface area contributed by atoms with Crippen LogP contribution < -0.4 is 5.32 Å². The summed E-state index contributed by atoms with van der Waals surface area (Å²) in [5.74, 6) is -0.253. The molecule has 1 unspecified atom stereocenters. The molecule has 100 valence electrons. The molecule has 1 atom stereocenters. The number of nitrogens with one attached hydrogen (secondary N) is 1. The zero-order chi connectivity index (χ0) is 13.9. The van der Waals surface area contributed by atoms with Gasteiger partial charge in [-0.1, -0.05) is 24.3 Å². The second-order valence-corrected chi connectivity index (χ2v) is 4.56. The van der Waals surface area contributed by atoms with Crippen LogP contribution in [0.15, 0.2) is 54.7 Å². The number of fused-ring (bicyclic) bond motifs is 1. The monoisotopic (exact) mass is 267 g/mol. The Labute approximate surface area is 116 Å². The van der Waals surface area contributed by atoms with Gasteiger partial charge in [0.25, 0.3) is 0 Å². The first-order valence-corrected chi connectivity index (χ1v) is 6.42. The molecule has 3 nitrogen and oxygen atoms in total. The summed E-state index contributed by atoms with van der Waals surface area (Å²) in [6.45, 7) is 0. The van der Waals surface area contributed by atoms with Gasteiger partial charge in [-0.05, 0) is 36.9 Å². The van der Waals surface area contributed by atoms with E-state index in [0.29, 0.717) is 0 Å². The van der Waals surface area contributed by atoms with Gasteiger partial charge in [0, 0.05) is 0 Å². The predicted octanol–water partition coefficient (Wildman–Crippen LogP) is 3.08. The highest BCUT2D eigenvalue weighted by molar-refractivity contribution is 5.73. The minimum atomic E-state index is -0.253. The predicted molar refractivity (Wildman–Crippen MR) is 76.8 cm³/mol. The summed E-state index contributed by atoms with van der Waals surface area (Å²) in [5.41, 5.74) is 3.29. The summed E-state index contributed by atoms with van der Waals surface area (Å²) >= 11 is 0. The molecule has 3 rings (SSSR count). The highest BCUT2D eigenvalue weighted by Gasteiger charge is 2.14. The van der Waals surface area contributed by atoms with Gasteiger partial charge in [0.1, 0.15) is 5.82 Å². The van der Waals surface area contributed by atoms with Crippen molar-refractivity contribution >= 4 is 11.0 Å². The maximum Gasteiger partial charge on any atom is 0.123 e. The van der Waals surface area contributed by atoms with Crippen molar-refractivity contribution in [1.29, 1.82) is 0 Å². The molecule has 4 heteroatoms. The molecular weight excluding hydrogens is 253 g/mol. The zero-order valence-corrected chi connectivity index (χ0v) is 11.0. The molecule has 0 saturated carbocycles. The quantitative estimate of drug-likeness (QED) is 0.792. The van der Waals surface area contributed by atoms with Gasteiger partial charge in [-0.3, -0.25) is 4.98 Å². The maximum atomic E-state index is 13.4. The van der Waals surface area contributed by atoms with Gasteiger partial charge in [0.2, 0.25) is 0 Å². The number of halogens is 1. The van der Waals surface area contributed by atoms with Gasteiger partial charge in [-0.15, -0.1) is 0 Å². The summed E-state index contributed by atoms with van der Waals surface area (Å²) in [4.78, 5) is 9.01. The Morgan fingerprint density at radius 3 is 2.60 bits per heavy atom. The number of nitrogens with zero attached hydrogens (tertiary/aromatic N) is 2. The Kier molecular flexibility index (Phi) is 3.39. The minimum Gasteiger partial charge on any atom is -0.308 e. The molecule has 1 aromatic heterocycles. The molecule has 0 fully saturated rings. The first kappa shape index (κ1) is 12.7.